The Morgan fingerprint density at radius 1 is 1.09 bits per heavy atom. The van der Waals surface area contributed by atoms with Gasteiger partial charge < -0.3 is 21.3 Å². The number of hydrogen-bond donors (Lipinski definition) is 4. The number of rotatable bonds is 7. The van der Waals surface area contributed by atoms with E-state index in [1.165, 1.54) is 12.1 Å². The number of aliphatic hydroxyl groups excluding tert-OH is 2. The molecule has 0 unspecified atom stereocenters. The normalized spacial score (nSPS) is 11.3. The third-order valence-electron chi connectivity index (χ3n) is 5.38. The van der Waals surface area contributed by atoms with Gasteiger partial charge in [0.1, 0.15) is 17.3 Å². The fourth-order valence-corrected chi connectivity index (χ4v) is 3.70. The van der Waals surface area contributed by atoms with E-state index >= 15 is 0 Å². The summed E-state index contributed by atoms with van der Waals surface area (Å²) in [6, 6.07) is 9.65. The van der Waals surface area contributed by atoms with Gasteiger partial charge in [-0.15, -0.1) is 0 Å². The largest absolute Gasteiger partial charge is 0.394 e. The summed E-state index contributed by atoms with van der Waals surface area (Å²) in [7, 11) is 0. The maximum atomic E-state index is 14.7. The second kappa shape index (κ2) is 9.57. The lowest BCUT2D eigenvalue weighted by molar-refractivity contribution is 0.100. The Morgan fingerprint density at radius 2 is 1.77 bits per heavy atom. The molecule has 0 aliphatic rings. The number of benzene rings is 2. The quantitative estimate of drug-likeness (QED) is 0.316. The number of aliphatic hydroxyl groups is 2. The number of fused-ring (bicyclic) bond motifs is 1. The lowest BCUT2D eigenvalue weighted by Gasteiger charge is -2.18. The van der Waals surface area contributed by atoms with Crippen LogP contribution in [0.1, 0.15) is 15.9 Å². The first-order chi connectivity index (χ1) is 16.7. The van der Waals surface area contributed by atoms with E-state index in [0.717, 1.165) is 34.4 Å². The van der Waals surface area contributed by atoms with Gasteiger partial charge in [-0.2, -0.15) is 4.98 Å². The summed E-state index contributed by atoms with van der Waals surface area (Å²) in [5.74, 6) is -2.88. The van der Waals surface area contributed by atoms with Crippen molar-refractivity contribution in [3.8, 4) is 16.9 Å². The van der Waals surface area contributed by atoms with Crippen molar-refractivity contribution in [1.82, 2.24) is 14.5 Å². The summed E-state index contributed by atoms with van der Waals surface area (Å²) in [6.45, 7) is 0.830. The van der Waals surface area contributed by atoms with Crippen molar-refractivity contribution in [3.63, 3.8) is 0 Å². The predicted octanol–water partition coefficient (Wildman–Crippen LogP) is 1.90. The monoisotopic (exact) mass is 481 g/mol. The molecule has 4 rings (SSSR count). The Labute approximate surface area is 197 Å². The number of nitrogens with one attached hydrogen (secondary N) is 1. The zero-order valence-corrected chi connectivity index (χ0v) is 18.5. The second-order valence-electron chi connectivity index (χ2n) is 7.83. The van der Waals surface area contributed by atoms with Crippen LogP contribution in [0.5, 0.6) is 0 Å². The van der Waals surface area contributed by atoms with Crippen LogP contribution in [0.4, 0.5) is 14.7 Å². The van der Waals surface area contributed by atoms with Crippen LogP contribution in [-0.2, 0) is 0 Å². The van der Waals surface area contributed by atoms with Gasteiger partial charge in [-0.1, -0.05) is 17.7 Å². The van der Waals surface area contributed by atoms with Gasteiger partial charge in [0.2, 0.25) is 11.9 Å². The molecule has 5 N–H and O–H groups in total. The number of para-hydroxylation sites is 1. The van der Waals surface area contributed by atoms with Crippen molar-refractivity contribution in [3.05, 3.63) is 81.6 Å². The molecule has 35 heavy (non-hydrogen) atoms. The van der Waals surface area contributed by atoms with Crippen molar-refractivity contribution in [1.29, 1.82) is 0 Å². The molecule has 0 saturated carbocycles. The number of carbonyl (C=O) groups excluding carboxylic acids is 1. The molecule has 0 atom stereocenters. The molecule has 2 aromatic heterocycles. The van der Waals surface area contributed by atoms with Crippen LogP contribution in [0.15, 0.2) is 53.3 Å². The number of amides is 1. The maximum absolute atomic E-state index is 14.7. The van der Waals surface area contributed by atoms with Crippen LogP contribution in [-0.4, -0.2) is 49.9 Å². The summed E-state index contributed by atoms with van der Waals surface area (Å²) >= 11 is 0. The van der Waals surface area contributed by atoms with Crippen LogP contribution in [0.3, 0.4) is 0 Å². The number of carbonyl (C=O) groups is 1. The van der Waals surface area contributed by atoms with Crippen molar-refractivity contribution in [2.75, 3.05) is 18.5 Å². The standard InChI is InChI=1S/C24H21F2N5O4/c1-12-5-6-14(22(27)35)16(9-12)20-15-7-8-19(34)31(21-17(25)3-2-4-18(21)26)23(15)30-24(29-20)28-13(10-32)11-33/h2-9,13,32-33H,10-11H2,1H3,(H2,27,35)(H,28,29,30). The summed E-state index contributed by atoms with van der Waals surface area (Å²) < 4.78 is 30.2. The van der Waals surface area contributed by atoms with Gasteiger partial charge in [0.05, 0.1) is 24.9 Å². The van der Waals surface area contributed by atoms with Gasteiger partial charge >= 0.3 is 0 Å². The van der Waals surface area contributed by atoms with Crippen LogP contribution < -0.4 is 16.6 Å². The van der Waals surface area contributed by atoms with Gasteiger partial charge in [0.15, 0.2) is 5.65 Å². The number of anilines is 1. The fourth-order valence-electron chi connectivity index (χ4n) is 3.70. The molecule has 9 nitrogen and oxygen atoms in total. The highest BCUT2D eigenvalue weighted by Gasteiger charge is 2.22. The number of nitrogens with two attached hydrogens (primary N) is 1. The highest BCUT2D eigenvalue weighted by molar-refractivity contribution is 6.03. The Kier molecular flexibility index (Phi) is 6.54. The Balaban J connectivity index is 2.15. The molecular weight excluding hydrogens is 460 g/mol. The fraction of sp³-hybridized carbons (Fsp3) is 0.167. The first kappa shape index (κ1) is 23.9. The number of aromatic nitrogens is 3. The summed E-state index contributed by atoms with van der Waals surface area (Å²) in [4.78, 5) is 33.8. The molecule has 0 spiro atoms. The predicted molar refractivity (Wildman–Crippen MR) is 125 cm³/mol. The first-order valence-electron chi connectivity index (χ1n) is 10.5. The van der Waals surface area contributed by atoms with Gasteiger partial charge in [-0.05, 0) is 37.3 Å². The Bertz CT molecular complexity index is 1480. The van der Waals surface area contributed by atoms with E-state index in [1.54, 1.807) is 19.1 Å². The number of aryl methyl sites for hydroxylation is 1. The Morgan fingerprint density at radius 3 is 2.40 bits per heavy atom. The van der Waals surface area contributed by atoms with Crippen molar-refractivity contribution >= 4 is 22.9 Å². The molecule has 180 valence electrons. The minimum atomic E-state index is -0.994. The lowest BCUT2D eigenvalue weighted by Crippen LogP contribution is -2.29. The van der Waals surface area contributed by atoms with Crippen LogP contribution in [0, 0.1) is 18.6 Å². The van der Waals surface area contributed by atoms with Crippen molar-refractivity contribution in [2.45, 2.75) is 13.0 Å². The molecule has 0 saturated heterocycles. The molecule has 0 aliphatic carbocycles. The van der Waals surface area contributed by atoms with E-state index in [-0.39, 0.29) is 28.2 Å². The number of halogens is 2. The average Bonchev–Trinajstić information content (AvgIpc) is 2.82. The number of hydrogen-bond acceptors (Lipinski definition) is 7. The zero-order valence-electron chi connectivity index (χ0n) is 18.5. The molecular formula is C24H21F2N5O4. The van der Waals surface area contributed by atoms with E-state index in [1.807, 2.05) is 0 Å². The first-order valence-corrected chi connectivity index (χ1v) is 10.5. The van der Waals surface area contributed by atoms with E-state index in [9.17, 15) is 28.6 Å². The van der Waals surface area contributed by atoms with Gasteiger partial charge in [0.25, 0.3) is 5.56 Å². The molecule has 4 aromatic rings. The van der Waals surface area contributed by atoms with Gasteiger partial charge in [-0.3, -0.25) is 14.2 Å². The van der Waals surface area contributed by atoms with Crippen LogP contribution in [0.25, 0.3) is 28.0 Å². The highest BCUT2D eigenvalue weighted by atomic mass is 19.1. The maximum Gasteiger partial charge on any atom is 0.256 e. The SMILES string of the molecule is Cc1ccc(C(N)=O)c(-c2nc(NC(CO)CO)nc3c2ccc(=O)n3-c2c(F)cccc2F)c1. The van der Waals surface area contributed by atoms with E-state index in [0.29, 0.717) is 5.56 Å². The van der Waals surface area contributed by atoms with Crippen LogP contribution in [0.2, 0.25) is 0 Å². The molecule has 0 bridgehead atoms. The second-order valence-corrected chi connectivity index (χ2v) is 7.83. The summed E-state index contributed by atoms with van der Waals surface area (Å²) in [5, 5.41) is 21.9. The molecule has 0 fully saturated rings. The number of nitrogens with zero attached hydrogens (tertiary/aromatic N) is 3. The Hall–Kier alpha value is -4.22. The van der Waals surface area contributed by atoms with E-state index in [4.69, 9.17) is 5.73 Å². The van der Waals surface area contributed by atoms with Gasteiger partial charge in [0, 0.05) is 22.6 Å². The molecule has 0 aliphatic heterocycles. The smallest absolute Gasteiger partial charge is 0.256 e. The van der Waals surface area contributed by atoms with Gasteiger partial charge in [-0.25, -0.2) is 13.8 Å². The van der Waals surface area contributed by atoms with E-state index < -0.39 is 48.0 Å². The third-order valence-corrected chi connectivity index (χ3v) is 5.38. The molecule has 2 aromatic carbocycles. The minimum Gasteiger partial charge on any atom is -0.394 e. The number of pyridine rings is 1. The van der Waals surface area contributed by atoms with Crippen LogP contribution >= 0.6 is 0 Å². The van der Waals surface area contributed by atoms with Crippen molar-refractivity contribution in [2.24, 2.45) is 5.73 Å². The van der Waals surface area contributed by atoms with Crippen molar-refractivity contribution < 1.29 is 23.8 Å². The highest BCUT2D eigenvalue weighted by Crippen LogP contribution is 2.32. The third kappa shape index (κ3) is 4.46. The zero-order chi connectivity index (χ0) is 25.3. The molecule has 1 amide bonds. The summed E-state index contributed by atoms with van der Waals surface area (Å²) in [6.07, 6.45) is 0. The molecule has 0 radical (unpaired) electrons. The molecule has 11 heteroatoms. The number of primary amides is 1. The minimum absolute atomic E-state index is 0.122. The average molecular weight is 481 g/mol. The lowest BCUT2D eigenvalue weighted by atomic mass is 9.99. The van der Waals surface area contributed by atoms with E-state index in [2.05, 4.69) is 15.3 Å². The topological polar surface area (TPSA) is 143 Å². The summed E-state index contributed by atoms with van der Waals surface area (Å²) in [5.41, 5.74) is 5.34. The molecule has 2 heterocycles.